The SMILES string of the molecule is NC(=O)CC(CC(N)=O)=P(c1ccccc1)(c1ccccc1)c1ccccc1. The standard InChI is InChI=1S/C23H23N2O2P/c24-22(26)16-21(17-23(25)27)28(18-10-4-1-5-11-18,19-12-6-2-7-13-19)20-14-8-3-9-15-20/h1-15H,16-17H2,(H2,24,26)(H2,25,27). The van der Waals surface area contributed by atoms with Crippen molar-refractivity contribution in [2.75, 3.05) is 0 Å². The van der Waals surface area contributed by atoms with Crippen LogP contribution in [-0.4, -0.2) is 17.1 Å². The van der Waals surface area contributed by atoms with Crippen molar-refractivity contribution in [3.8, 4) is 0 Å². The Morgan fingerprint density at radius 3 is 1.11 bits per heavy atom. The van der Waals surface area contributed by atoms with Gasteiger partial charge in [0.1, 0.15) is 0 Å². The molecule has 28 heavy (non-hydrogen) atoms. The first kappa shape index (κ1) is 19.7. The Balaban J connectivity index is 2.55. The second kappa shape index (κ2) is 8.73. The Morgan fingerprint density at radius 2 is 0.857 bits per heavy atom. The van der Waals surface area contributed by atoms with Gasteiger partial charge < -0.3 is 11.5 Å². The Bertz CT molecular complexity index is 895. The molecule has 2 amide bonds. The zero-order valence-electron chi connectivity index (χ0n) is 15.5. The number of nitrogens with two attached hydrogens (primary N) is 2. The maximum Gasteiger partial charge on any atom is 0.221 e. The van der Waals surface area contributed by atoms with Crippen LogP contribution in [0.15, 0.2) is 91.0 Å². The van der Waals surface area contributed by atoms with Crippen LogP contribution in [-0.2, 0) is 9.59 Å². The van der Waals surface area contributed by atoms with Crippen molar-refractivity contribution in [2.45, 2.75) is 12.8 Å². The van der Waals surface area contributed by atoms with Crippen molar-refractivity contribution in [1.82, 2.24) is 0 Å². The highest BCUT2D eigenvalue weighted by Gasteiger charge is 2.30. The van der Waals surface area contributed by atoms with Gasteiger partial charge in [-0.15, -0.1) is 0 Å². The lowest BCUT2D eigenvalue weighted by molar-refractivity contribution is -0.116. The summed E-state index contributed by atoms with van der Waals surface area (Å²) in [5, 5.41) is 3.95. The molecule has 0 fully saturated rings. The molecule has 0 saturated carbocycles. The number of rotatable bonds is 7. The molecule has 142 valence electrons. The summed E-state index contributed by atoms with van der Waals surface area (Å²) in [4.78, 5) is 24.0. The quantitative estimate of drug-likeness (QED) is 0.604. The summed E-state index contributed by atoms with van der Waals surface area (Å²) in [5.74, 6) is -0.938. The van der Waals surface area contributed by atoms with Gasteiger partial charge in [0, 0.05) is 12.8 Å². The molecule has 0 heterocycles. The molecule has 0 aliphatic rings. The van der Waals surface area contributed by atoms with Gasteiger partial charge in [0.05, 0.1) is 0 Å². The first-order valence-electron chi connectivity index (χ1n) is 9.03. The molecule has 4 N–H and O–H groups in total. The lowest BCUT2D eigenvalue weighted by Gasteiger charge is -2.32. The van der Waals surface area contributed by atoms with E-state index < -0.39 is 18.7 Å². The third kappa shape index (κ3) is 3.92. The van der Waals surface area contributed by atoms with Gasteiger partial charge >= 0.3 is 0 Å². The van der Waals surface area contributed by atoms with Crippen LogP contribution in [0.5, 0.6) is 0 Å². The third-order valence-corrected chi connectivity index (χ3v) is 9.14. The number of amides is 2. The van der Waals surface area contributed by atoms with Gasteiger partial charge in [0.25, 0.3) is 0 Å². The van der Waals surface area contributed by atoms with E-state index in [1.54, 1.807) is 0 Å². The number of primary amides is 2. The Kier molecular flexibility index (Phi) is 6.13. The molecule has 0 bridgehead atoms. The van der Waals surface area contributed by atoms with Gasteiger partial charge in [0.15, 0.2) is 0 Å². The highest BCUT2D eigenvalue weighted by molar-refractivity contribution is 7.95. The molecule has 0 atom stereocenters. The van der Waals surface area contributed by atoms with E-state index in [1.807, 2.05) is 54.6 Å². The predicted octanol–water partition coefficient (Wildman–Crippen LogP) is 1.90. The van der Waals surface area contributed by atoms with Gasteiger partial charge in [-0.25, -0.2) is 0 Å². The number of benzene rings is 3. The molecule has 0 aliphatic heterocycles. The third-order valence-electron chi connectivity index (χ3n) is 4.66. The largest absolute Gasteiger partial charge is 0.369 e. The topological polar surface area (TPSA) is 86.2 Å². The minimum atomic E-state index is -2.46. The van der Waals surface area contributed by atoms with Crippen LogP contribution >= 0.6 is 6.89 Å². The highest BCUT2D eigenvalue weighted by atomic mass is 31.2. The molecule has 0 aliphatic carbocycles. The maximum absolute atomic E-state index is 12.0. The summed E-state index contributed by atoms with van der Waals surface area (Å²) in [7, 11) is 0. The van der Waals surface area contributed by atoms with E-state index in [0.29, 0.717) is 0 Å². The van der Waals surface area contributed by atoms with Crippen LogP contribution in [0.3, 0.4) is 0 Å². The minimum absolute atomic E-state index is 0.00933. The molecule has 0 spiro atoms. The van der Waals surface area contributed by atoms with E-state index in [1.165, 1.54) is 0 Å². The summed E-state index contributed by atoms with van der Waals surface area (Å²) < 4.78 is 0. The van der Waals surface area contributed by atoms with E-state index in [9.17, 15) is 9.59 Å². The minimum Gasteiger partial charge on any atom is -0.369 e. The zero-order chi connectivity index (χ0) is 20.0. The maximum atomic E-state index is 12.0. The molecule has 0 unspecified atom stereocenters. The van der Waals surface area contributed by atoms with Crippen molar-refractivity contribution >= 4 is 39.9 Å². The lowest BCUT2D eigenvalue weighted by Crippen LogP contribution is -2.34. The molecule has 5 heteroatoms. The van der Waals surface area contributed by atoms with E-state index in [0.717, 1.165) is 21.2 Å². The average molecular weight is 390 g/mol. The van der Waals surface area contributed by atoms with Crippen molar-refractivity contribution in [1.29, 1.82) is 0 Å². The van der Waals surface area contributed by atoms with Gasteiger partial charge in [-0.3, -0.25) is 9.59 Å². The summed E-state index contributed by atoms with van der Waals surface area (Å²) in [5.41, 5.74) is 11.2. The molecule has 3 rings (SSSR count). The fraction of sp³-hybridized carbons (Fsp3) is 0.0870. The van der Waals surface area contributed by atoms with Crippen LogP contribution in [0, 0.1) is 0 Å². The Labute approximate surface area is 165 Å². The average Bonchev–Trinajstić information content (AvgIpc) is 2.70. The van der Waals surface area contributed by atoms with Crippen molar-refractivity contribution in [2.24, 2.45) is 11.5 Å². The van der Waals surface area contributed by atoms with E-state index >= 15 is 0 Å². The molecular formula is C23H23N2O2P. The Hall–Kier alpha value is -3.10. The van der Waals surface area contributed by atoms with E-state index in [2.05, 4.69) is 36.4 Å². The molecule has 0 radical (unpaired) electrons. The van der Waals surface area contributed by atoms with Crippen LogP contribution in [0.2, 0.25) is 0 Å². The molecule has 3 aromatic rings. The lowest BCUT2D eigenvalue weighted by atomic mass is 10.2. The number of hydrogen-bond acceptors (Lipinski definition) is 2. The summed E-state index contributed by atoms with van der Waals surface area (Å²) in [6.07, 6.45) is 0.0187. The number of hydrogen-bond donors (Lipinski definition) is 2. The molecule has 3 aromatic carbocycles. The fourth-order valence-electron chi connectivity index (χ4n) is 3.65. The number of carbonyl (C=O) groups is 2. The zero-order valence-corrected chi connectivity index (χ0v) is 16.4. The molecule has 0 saturated heterocycles. The van der Waals surface area contributed by atoms with Crippen LogP contribution in [0.25, 0.3) is 0 Å². The molecular weight excluding hydrogens is 367 g/mol. The molecule has 0 aromatic heterocycles. The Morgan fingerprint density at radius 1 is 0.571 bits per heavy atom. The number of carbonyl (C=O) groups excluding carboxylic acids is 2. The van der Waals surface area contributed by atoms with Crippen molar-refractivity contribution in [3.05, 3.63) is 91.0 Å². The second-order valence-electron chi connectivity index (χ2n) is 6.53. The van der Waals surface area contributed by atoms with E-state index in [4.69, 9.17) is 11.5 Å². The predicted molar refractivity (Wildman–Crippen MR) is 118 cm³/mol. The van der Waals surface area contributed by atoms with Gasteiger partial charge in [-0.2, -0.15) is 0 Å². The summed E-state index contributed by atoms with van der Waals surface area (Å²) in [6.45, 7) is -2.46. The highest BCUT2D eigenvalue weighted by Crippen LogP contribution is 2.47. The van der Waals surface area contributed by atoms with Gasteiger partial charge in [-0.1, -0.05) is 91.0 Å². The van der Waals surface area contributed by atoms with Crippen LogP contribution in [0.1, 0.15) is 12.8 Å². The van der Waals surface area contributed by atoms with Crippen molar-refractivity contribution in [3.63, 3.8) is 0 Å². The van der Waals surface area contributed by atoms with Crippen molar-refractivity contribution < 1.29 is 9.59 Å². The summed E-state index contributed by atoms with van der Waals surface area (Å²) in [6, 6.07) is 30.0. The second-order valence-corrected chi connectivity index (χ2v) is 10.1. The normalized spacial score (nSPS) is 11.0. The van der Waals surface area contributed by atoms with Crippen LogP contribution < -0.4 is 27.4 Å². The fourth-order valence-corrected chi connectivity index (χ4v) is 8.29. The van der Waals surface area contributed by atoms with E-state index in [-0.39, 0.29) is 12.8 Å². The van der Waals surface area contributed by atoms with Gasteiger partial charge in [0.2, 0.25) is 11.8 Å². The van der Waals surface area contributed by atoms with Gasteiger partial charge in [-0.05, 0) is 28.1 Å². The first-order chi connectivity index (χ1) is 13.5. The first-order valence-corrected chi connectivity index (χ1v) is 10.8. The van der Waals surface area contributed by atoms with Crippen LogP contribution in [0.4, 0.5) is 0 Å². The monoisotopic (exact) mass is 390 g/mol. The smallest absolute Gasteiger partial charge is 0.221 e. The summed E-state index contributed by atoms with van der Waals surface area (Å²) >= 11 is 0. The molecule has 4 nitrogen and oxygen atoms in total.